The summed E-state index contributed by atoms with van der Waals surface area (Å²) in [5, 5.41) is 12.2. The maximum atomic E-state index is 12.2. The van der Waals surface area contributed by atoms with Crippen molar-refractivity contribution in [3.8, 4) is 0 Å². The van der Waals surface area contributed by atoms with Crippen LogP contribution in [0.5, 0.6) is 0 Å². The summed E-state index contributed by atoms with van der Waals surface area (Å²) in [5.74, 6) is -0.382. The van der Waals surface area contributed by atoms with Gasteiger partial charge in [0.25, 0.3) is 5.91 Å². The number of nitrogens with one attached hydrogen (secondary N) is 2. The summed E-state index contributed by atoms with van der Waals surface area (Å²) in [6.07, 6.45) is 1.07. The second-order valence-corrected chi connectivity index (χ2v) is 7.48. The molecule has 0 radical (unpaired) electrons. The van der Waals surface area contributed by atoms with E-state index in [0.717, 1.165) is 12.8 Å². The molecule has 1 aliphatic rings. The number of aliphatic hydroxyl groups excluding tert-OH is 1. The Hall–Kier alpha value is -1.90. The molecule has 1 amide bonds. The van der Waals surface area contributed by atoms with Crippen LogP contribution in [-0.2, 0) is 10.0 Å². The summed E-state index contributed by atoms with van der Waals surface area (Å²) < 4.78 is 32.4. The Kier molecular flexibility index (Phi) is 4.13. The number of fused-ring (bicyclic) bond motifs is 1. The highest BCUT2D eigenvalue weighted by Crippen LogP contribution is 2.25. The third-order valence-corrected chi connectivity index (χ3v) is 5.00. The maximum Gasteiger partial charge on any atom is 0.287 e. The molecule has 3 rings (SSSR count). The summed E-state index contributed by atoms with van der Waals surface area (Å²) in [6.45, 7) is 1.67. The van der Waals surface area contributed by atoms with Crippen molar-refractivity contribution in [1.29, 1.82) is 0 Å². The average Bonchev–Trinajstić information content (AvgIpc) is 3.17. The van der Waals surface area contributed by atoms with Gasteiger partial charge < -0.3 is 14.8 Å². The van der Waals surface area contributed by atoms with Crippen LogP contribution in [0.4, 0.5) is 0 Å². The van der Waals surface area contributed by atoms with Gasteiger partial charge in [0.15, 0.2) is 5.76 Å². The van der Waals surface area contributed by atoms with Crippen molar-refractivity contribution in [3.05, 3.63) is 30.0 Å². The van der Waals surface area contributed by atoms with Crippen LogP contribution in [0.1, 0.15) is 30.3 Å². The van der Waals surface area contributed by atoms with Crippen LogP contribution in [0.25, 0.3) is 11.0 Å². The van der Waals surface area contributed by atoms with Gasteiger partial charge in [0.2, 0.25) is 10.0 Å². The Labute approximate surface area is 133 Å². The molecule has 7 nitrogen and oxygen atoms in total. The van der Waals surface area contributed by atoms with Crippen molar-refractivity contribution in [1.82, 2.24) is 10.0 Å². The number of benzene rings is 1. The second-order valence-electron chi connectivity index (χ2n) is 5.76. The molecule has 23 heavy (non-hydrogen) atoms. The van der Waals surface area contributed by atoms with Crippen LogP contribution in [0.2, 0.25) is 0 Å². The van der Waals surface area contributed by atoms with E-state index in [4.69, 9.17) is 4.42 Å². The normalized spacial score (nSPS) is 16.4. The lowest BCUT2D eigenvalue weighted by molar-refractivity contribution is 0.0898. The van der Waals surface area contributed by atoms with E-state index in [2.05, 4.69) is 10.0 Å². The number of furan rings is 1. The summed E-state index contributed by atoms with van der Waals surface area (Å²) >= 11 is 0. The number of carbonyl (C=O) groups is 1. The zero-order chi connectivity index (χ0) is 16.6. The molecule has 1 aliphatic carbocycles. The Morgan fingerprint density at radius 2 is 2.13 bits per heavy atom. The van der Waals surface area contributed by atoms with E-state index in [1.54, 1.807) is 6.92 Å². The number of amides is 1. The molecule has 1 aromatic heterocycles. The molecule has 3 N–H and O–H groups in total. The number of rotatable bonds is 6. The quantitative estimate of drug-likeness (QED) is 0.728. The summed E-state index contributed by atoms with van der Waals surface area (Å²) in [6, 6.07) is 5.98. The molecule has 0 spiro atoms. The zero-order valence-corrected chi connectivity index (χ0v) is 13.4. The fraction of sp³-hybridized carbons (Fsp3) is 0.400. The first-order valence-electron chi connectivity index (χ1n) is 7.37. The van der Waals surface area contributed by atoms with Crippen molar-refractivity contribution in [2.75, 3.05) is 6.54 Å². The van der Waals surface area contributed by atoms with Gasteiger partial charge in [-0.2, -0.15) is 0 Å². The van der Waals surface area contributed by atoms with Crippen LogP contribution >= 0.6 is 0 Å². The molecule has 0 bridgehead atoms. The Morgan fingerprint density at radius 3 is 2.78 bits per heavy atom. The smallest absolute Gasteiger partial charge is 0.287 e. The minimum atomic E-state index is -3.55. The van der Waals surface area contributed by atoms with Crippen LogP contribution in [0, 0.1) is 0 Å². The molecular formula is C15H18N2O5S. The lowest BCUT2D eigenvalue weighted by Crippen LogP contribution is -2.30. The summed E-state index contributed by atoms with van der Waals surface area (Å²) in [7, 11) is -3.55. The number of aliphatic hydroxyl groups is 1. The van der Waals surface area contributed by atoms with Crippen molar-refractivity contribution >= 4 is 26.9 Å². The molecule has 2 aromatic rings. The third kappa shape index (κ3) is 3.72. The molecule has 1 aromatic carbocycles. The zero-order valence-electron chi connectivity index (χ0n) is 12.6. The van der Waals surface area contributed by atoms with Crippen LogP contribution in [0.3, 0.4) is 0 Å². The molecule has 124 valence electrons. The molecule has 1 unspecified atom stereocenters. The van der Waals surface area contributed by atoms with Crippen molar-refractivity contribution in [2.45, 2.75) is 36.8 Å². The van der Waals surface area contributed by atoms with Crippen LogP contribution in [-0.4, -0.2) is 38.1 Å². The standard InChI is InChI=1S/C15H18N2O5S/c1-9(18)8-16-15(19)14-7-10-6-12(4-5-13(10)22-14)23(20,21)17-11-2-3-11/h4-7,9,11,17-18H,2-3,8H2,1H3,(H,16,19). The van der Waals surface area contributed by atoms with E-state index in [1.165, 1.54) is 24.3 Å². The maximum absolute atomic E-state index is 12.2. The van der Waals surface area contributed by atoms with Crippen molar-refractivity contribution < 1.29 is 22.7 Å². The van der Waals surface area contributed by atoms with Gasteiger partial charge in [0, 0.05) is 18.0 Å². The third-order valence-electron chi connectivity index (χ3n) is 3.48. The predicted octanol–water partition coefficient (Wildman–Crippen LogP) is 0.984. The van der Waals surface area contributed by atoms with Gasteiger partial charge in [0.05, 0.1) is 11.0 Å². The minimum Gasteiger partial charge on any atom is -0.451 e. The molecule has 8 heteroatoms. The topological polar surface area (TPSA) is 109 Å². The van der Waals surface area contributed by atoms with Crippen LogP contribution < -0.4 is 10.0 Å². The van der Waals surface area contributed by atoms with Gasteiger partial charge in [-0.05, 0) is 44.0 Å². The largest absolute Gasteiger partial charge is 0.451 e. The first kappa shape index (κ1) is 16.0. The number of carbonyl (C=O) groups excluding carboxylic acids is 1. The molecule has 1 fully saturated rings. The molecule has 1 saturated carbocycles. The lowest BCUT2D eigenvalue weighted by atomic mass is 10.2. The lowest BCUT2D eigenvalue weighted by Gasteiger charge is -2.04. The van der Waals surface area contributed by atoms with E-state index in [-0.39, 0.29) is 23.2 Å². The van der Waals surface area contributed by atoms with E-state index in [1.807, 2.05) is 0 Å². The van der Waals surface area contributed by atoms with E-state index < -0.39 is 22.0 Å². The van der Waals surface area contributed by atoms with Gasteiger partial charge in [0.1, 0.15) is 5.58 Å². The number of sulfonamides is 1. The Morgan fingerprint density at radius 1 is 1.39 bits per heavy atom. The minimum absolute atomic E-state index is 0.0295. The number of hydrogen-bond acceptors (Lipinski definition) is 5. The van der Waals surface area contributed by atoms with Gasteiger partial charge in [-0.1, -0.05) is 0 Å². The Balaban J connectivity index is 1.84. The summed E-state index contributed by atoms with van der Waals surface area (Å²) in [5.41, 5.74) is 0.428. The fourth-order valence-corrected chi connectivity index (χ4v) is 3.46. The monoisotopic (exact) mass is 338 g/mol. The SMILES string of the molecule is CC(O)CNC(=O)c1cc2cc(S(=O)(=O)NC3CC3)ccc2o1. The average molecular weight is 338 g/mol. The molecule has 1 atom stereocenters. The van der Waals surface area contributed by atoms with Gasteiger partial charge in [-0.3, -0.25) is 4.79 Å². The highest BCUT2D eigenvalue weighted by atomic mass is 32.2. The predicted molar refractivity (Wildman–Crippen MR) is 83.6 cm³/mol. The van der Waals surface area contributed by atoms with E-state index in [9.17, 15) is 18.3 Å². The molecule has 0 saturated heterocycles. The van der Waals surface area contributed by atoms with Crippen LogP contribution in [0.15, 0.2) is 33.6 Å². The van der Waals surface area contributed by atoms with Gasteiger partial charge in [-0.15, -0.1) is 0 Å². The summed E-state index contributed by atoms with van der Waals surface area (Å²) in [4.78, 5) is 12.1. The molecule has 0 aliphatic heterocycles. The molecule has 1 heterocycles. The second kappa shape index (κ2) is 5.95. The highest BCUT2D eigenvalue weighted by molar-refractivity contribution is 7.89. The van der Waals surface area contributed by atoms with E-state index >= 15 is 0 Å². The van der Waals surface area contributed by atoms with Crippen molar-refractivity contribution in [3.63, 3.8) is 0 Å². The van der Waals surface area contributed by atoms with Gasteiger partial charge in [-0.25, -0.2) is 13.1 Å². The Bertz CT molecular complexity index is 837. The first-order valence-corrected chi connectivity index (χ1v) is 8.86. The molecular weight excluding hydrogens is 320 g/mol. The van der Waals surface area contributed by atoms with Gasteiger partial charge >= 0.3 is 0 Å². The first-order chi connectivity index (χ1) is 10.8. The highest BCUT2D eigenvalue weighted by Gasteiger charge is 2.28. The van der Waals surface area contributed by atoms with Crippen molar-refractivity contribution in [2.24, 2.45) is 0 Å². The fourth-order valence-electron chi connectivity index (χ4n) is 2.12. The van der Waals surface area contributed by atoms with E-state index in [0.29, 0.717) is 11.0 Å². The number of hydrogen-bond donors (Lipinski definition) is 3.